The summed E-state index contributed by atoms with van der Waals surface area (Å²) in [6.07, 6.45) is 0.514. The summed E-state index contributed by atoms with van der Waals surface area (Å²) in [5.41, 5.74) is 0. The van der Waals surface area contributed by atoms with Crippen LogP contribution in [0.1, 0.15) is 12.8 Å². The van der Waals surface area contributed by atoms with Gasteiger partial charge in [-0.15, -0.1) is 11.6 Å². The van der Waals surface area contributed by atoms with Gasteiger partial charge in [-0.1, -0.05) is 0 Å². The predicted octanol–water partition coefficient (Wildman–Crippen LogP) is 0.0304. The number of piperidine rings is 1. The molecule has 1 saturated heterocycles. The number of amides is 2. The van der Waals surface area contributed by atoms with Gasteiger partial charge in [0.15, 0.2) is 0 Å². The van der Waals surface area contributed by atoms with Gasteiger partial charge in [-0.2, -0.15) is 0 Å². The zero-order valence-corrected chi connectivity index (χ0v) is 5.44. The van der Waals surface area contributed by atoms with E-state index < -0.39 is 0 Å². The van der Waals surface area contributed by atoms with Crippen LogP contribution in [0, 0.1) is 0 Å². The first-order valence-electron chi connectivity index (χ1n) is 2.65. The number of halogens is 1. The zero-order chi connectivity index (χ0) is 6.85. The summed E-state index contributed by atoms with van der Waals surface area (Å²) in [7, 11) is 0. The van der Waals surface area contributed by atoms with E-state index in [0.717, 1.165) is 0 Å². The fourth-order valence-electron chi connectivity index (χ4n) is 0.732. The van der Waals surface area contributed by atoms with E-state index in [0.29, 0.717) is 0 Å². The normalized spacial score (nSPS) is 21.9. The van der Waals surface area contributed by atoms with Gasteiger partial charge in [-0.3, -0.25) is 14.9 Å². The number of alkyl halides is 1. The Morgan fingerprint density at radius 2 is 1.78 bits per heavy atom. The lowest BCUT2D eigenvalue weighted by Crippen LogP contribution is -2.38. The van der Waals surface area contributed by atoms with E-state index in [4.69, 9.17) is 11.6 Å². The largest absolute Gasteiger partial charge is 0.296 e. The van der Waals surface area contributed by atoms with E-state index in [1.165, 1.54) is 0 Å². The summed E-state index contributed by atoms with van der Waals surface area (Å²) in [4.78, 5) is 20.9. The van der Waals surface area contributed by atoms with E-state index in [1.807, 2.05) is 0 Å². The van der Waals surface area contributed by atoms with Crippen molar-refractivity contribution >= 4 is 23.4 Å². The molecule has 0 saturated carbocycles. The molecular weight excluding hydrogens is 142 g/mol. The summed E-state index contributed by atoms with van der Waals surface area (Å²) < 4.78 is 0. The second-order valence-electron chi connectivity index (χ2n) is 1.98. The fraction of sp³-hybridized carbons (Fsp3) is 0.600. The van der Waals surface area contributed by atoms with Crippen molar-refractivity contribution < 1.29 is 9.59 Å². The van der Waals surface area contributed by atoms with Crippen molar-refractivity contribution in [3.8, 4) is 0 Å². The van der Waals surface area contributed by atoms with Gasteiger partial charge in [0.05, 0.1) is 5.38 Å². The Bertz CT molecular complexity index is 141. The summed E-state index contributed by atoms with van der Waals surface area (Å²) in [6, 6.07) is 0. The second-order valence-corrected chi connectivity index (χ2v) is 2.59. The van der Waals surface area contributed by atoms with Gasteiger partial charge in [0.2, 0.25) is 11.8 Å². The monoisotopic (exact) mass is 147 g/mol. The molecule has 1 aliphatic rings. The van der Waals surface area contributed by atoms with Crippen LogP contribution in [0.5, 0.6) is 0 Å². The number of imide groups is 1. The quantitative estimate of drug-likeness (QED) is 0.388. The van der Waals surface area contributed by atoms with Gasteiger partial charge in [-0.05, 0) is 0 Å². The van der Waals surface area contributed by atoms with Crippen LogP contribution in [-0.2, 0) is 9.59 Å². The van der Waals surface area contributed by atoms with Crippen molar-refractivity contribution in [3.05, 3.63) is 0 Å². The minimum atomic E-state index is -0.300. The smallest absolute Gasteiger partial charge is 0.228 e. The summed E-state index contributed by atoms with van der Waals surface area (Å²) in [5.74, 6) is -0.544. The standard InChI is InChI=1S/C5H6ClNO2/c6-3-1-4(8)7-5(9)2-3/h3H,1-2H2,(H,7,8,9). The average molecular weight is 148 g/mol. The third-order valence-corrected chi connectivity index (χ3v) is 1.40. The highest BCUT2D eigenvalue weighted by Gasteiger charge is 2.22. The van der Waals surface area contributed by atoms with Crippen molar-refractivity contribution in [2.45, 2.75) is 18.2 Å². The molecule has 4 heteroatoms. The van der Waals surface area contributed by atoms with Crippen molar-refractivity contribution in [2.24, 2.45) is 0 Å². The Labute approximate surface area is 57.4 Å². The lowest BCUT2D eigenvalue weighted by molar-refractivity contribution is -0.132. The molecule has 0 spiro atoms. The molecule has 0 aliphatic carbocycles. The Hall–Kier alpha value is -0.570. The first-order chi connectivity index (χ1) is 4.18. The molecule has 3 nitrogen and oxygen atoms in total. The minimum absolute atomic E-state index is 0.257. The molecule has 0 radical (unpaired) electrons. The Kier molecular flexibility index (Phi) is 1.71. The van der Waals surface area contributed by atoms with Gasteiger partial charge in [0.25, 0.3) is 0 Å². The van der Waals surface area contributed by atoms with Gasteiger partial charge < -0.3 is 0 Å². The van der Waals surface area contributed by atoms with Crippen LogP contribution < -0.4 is 5.32 Å². The van der Waals surface area contributed by atoms with Crippen LogP contribution in [0.4, 0.5) is 0 Å². The van der Waals surface area contributed by atoms with Crippen LogP contribution >= 0.6 is 11.6 Å². The molecule has 2 amide bonds. The molecule has 1 rings (SSSR count). The van der Waals surface area contributed by atoms with Crippen LogP contribution in [0.3, 0.4) is 0 Å². The minimum Gasteiger partial charge on any atom is -0.296 e. The summed E-state index contributed by atoms with van der Waals surface area (Å²) >= 11 is 5.52. The van der Waals surface area contributed by atoms with E-state index in [2.05, 4.69) is 5.32 Å². The highest BCUT2D eigenvalue weighted by molar-refractivity contribution is 6.24. The molecule has 0 atom stereocenters. The van der Waals surface area contributed by atoms with Gasteiger partial charge in [-0.25, -0.2) is 0 Å². The average Bonchev–Trinajstić information content (AvgIpc) is 1.59. The Morgan fingerprint density at radius 1 is 1.33 bits per heavy atom. The number of carbonyl (C=O) groups excluding carboxylic acids is 2. The van der Waals surface area contributed by atoms with Crippen LogP contribution in [0.25, 0.3) is 0 Å². The van der Waals surface area contributed by atoms with E-state index in [-0.39, 0.29) is 30.0 Å². The number of hydrogen-bond acceptors (Lipinski definition) is 2. The second kappa shape index (κ2) is 2.35. The Balaban J connectivity index is 2.53. The zero-order valence-electron chi connectivity index (χ0n) is 4.69. The van der Waals surface area contributed by atoms with E-state index >= 15 is 0 Å². The highest BCUT2D eigenvalue weighted by atomic mass is 35.5. The van der Waals surface area contributed by atoms with Crippen molar-refractivity contribution in [1.29, 1.82) is 0 Å². The third-order valence-electron chi connectivity index (χ3n) is 1.09. The molecule has 0 aromatic heterocycles. The lowest BCUT2D eigenvalue weighted by Gasteiger charge is -2.13. The molecule has 0 bridgehead atoms. The maximum Gasteiger partial charge on any atom is 0.228 e. The number of carbonyl (C=O) groups is 2. The van der Waals surface area contributed by atoms with Crippen LogP contribution in [-0.4, -0.2) is 17.2 Å². The van der Waals surface area contributed by atoms with Crippen LogP contribution in [0.15, 0.2) is 0 Å². The Morgan fingerprint density at radius 3 is 2.11 bits per heavy atom. The predicted molar refractivity (Wildman–Crippen MR) is 32.0 cm³/mol. The number of nitrogens with one attached hydrogen (secondary N) is 1. The molecule has 50 valence electrons. The summed E-state index contributed by atoms with van der Waals surface area (Å²) in [6.45, 7) is 0. The number of hydrogen-bond donors (Lipinski definition) is 1. The maximum absolute atomic E-state index is 10.5. The molecule has 0 unspecified atom stereocenters. The molecule has 1 heterocycles. The van der Waals surface area contributed by atoms with Gasteiger partial charge in [0, 0.05) is 12.8 Å². The topological polar surface area (TPSA) is 46.2 Å². The van der Waals surface area contributed by atoms with E-state index in [1.54, 1.807) is 0 Å². The van der Waals surface area contributed by atoms with Gasteiger partial charge >= 0.3 is 0 Å². The van der Waals surface area contributed by atoms with E-state index in [9.17, 15) is 9.59 Å². The molecule has 1 N–H and O–H groups in total. The third kappa shape index (κ3) is 1.68. The SMILES string of the molecule is O=C1CC(Cl)CC(=O)N1. The molecule has 1 aliphatic heterocycles. The maximum atomic E-state index is 10.5. The van der Waals surface area contributed by atoms with Crippen molar-refractivity contribution in [1.82, 2.24) is 5.32 Å². The van der Waals surface area contributed by atoms with Crippen LogP contribution in [0.2, 0.25) is 0 Å². The molecule has 0 aromatic carbocycles. The molecule has 1 fully saturated rings. The molecule has 0 aromatic rings. The molecular formula is C5H6ClNO2. The first kappa shape index (κ1) is 6.55. The van der Waals surface area contributed by atoms with Crippen molar-refractivity contribution in [3.63, 3.8) is 0 Å². The molecule has 9 heavy (non-hydrogen) atoms. The highest BCUT2D eigenvalue weighted by Crippen LogP contribution is 2.10. The number of rotatable bonds is 0. The lowest BCUT2D eigenvalue weighted by atomic mass is 10.1. The van der Waals surface area contributed by atoms with Crippen molar-refractivity contribution in [2.75, 3.05) is 0 Å². The van der Waals surface area contributed by atoms with Gasteiger partial charge in [0.1, 0.15) is 0 Å². The summed E-state index contributed by atoms with van der Waals surface area (Å²) in [5, 5.41) is 1.85. The fourth-order valence-corrected chi connectivity index (χ4v) is 1.01. The first-order valence-corrected chi connectivity index (χ1v) is 3.09.